The molecule has 0 saturated carbocycles. The van der Waals surface area contributed by atoms with E-state index in [1.807, 2.05) is 54.6 Å². The standard InChI is InChI=1S/C18H17N3O4/c1-23-15-10-6-5-9-14(15)11-19-16(22)12-24-18-21-20-17(25-18)13-7-3-2-4-8-13/h2-10H,11-12H2,1H3,(H,19,22). The molecule has 0 spiro atoms. The van der Waals surface area contributed by atoms with Crippen molar-refractivity contribution in [1.82, 2.24) is 15.5 Å². The lowest BCUT2D eigenvalue weighted by Crippen LogP contribution is -2.28. The van der Waals surface area contributed by atoms with Gasteiger partial charge in [0, 0.05) is 17.7 Å². The maximum atomic E-state index is 11.9. The van der Waals surface area contributed by atoms with Gasteiger partial charge in [-0.2, -0.15) is 0 Å². The number of carbonyl (C=O) groups excluding carboxylic acids is 1. The van der Waals surface area contributed by atoms with E-state index in [-0.39, 0.29) is 18.6 Å². The monoisotopic (exact) mass is 339 g/mol. The number of carbonyl (C=O) groups is 1. The maximum absolute atomic E-state index is 11.9. The van der Waals surface area contributed by atoms with Gasteiger partial charge in [0.05, 0.1) is 7.11 Å². The lowest BCUT2D eigenvalue weighted by atomic mass is 10.2. The van der Waals surface area contributed by atoms with Crippen LogP contribution < -0.4 is 14.8 Å². The Morgan fingerprint density at radius 1 is 1.08 bits per heavy atom. The van der Waals surface area contributed by atoms with Crippen molar-refractivity contribution in [3.05, 3.63) is 60.2 Å². The molecule has 0 aliphatic heterocycles. The van der Waals surface area contributed by atoms with Gasteiger partial charge in [0.25, 0.3) is 11.8 Å². The van der Waals surface area contributed by atoms with Gasteiger partial charge in [0.1, 0.15) is 5.75 Å². The van der Waals surface area contributed by atoms with Crippen LogP contribution in [-0.2, 0) is 11.3 Å². The lowest BCUT2D eigenvalue weighted by molar-refractivity contribution is -0.123. The first-order valence-corrected chi connectivity index (χ1v) is 7.66. The summed E-state index contributed by atoms with van der Waals surface area (Å²) < 4.78 is 15.8. The molecule has 0 radical (unpaired) electrons. The molecule has 3 rings (SSSR count). The second-order valence-corrected chi connectivity index (χ2v) is 5.12. The Hall–Kier alpha value is -3.35. The van der Waals surface area contributed by atoms with Gasteiger partial charge < -0.3 is 19.2 Å². The number of rotatable bonds is 7. The highest BCUT2D eigenvalue weighted by Gasteiger charge is 2.11. The third-order valence-electron chi connectivity index (χ3n) is 3.42. The maximum Gasteiger partial charge on any atom is 0.415 e. The molecule has 0 fully saturated rings. The summed E-state index contributed by atoms with van der Waals surface area (Å²) in [5, 5.41) is 10.4. The SMILES string of the molecule is COc1ccccc1CNC(=O)COc1nnc(-c2ccccc2)o1. The summed E-state index contributed by atoms with van der Waals surface area (Å²) in [6.45, 7) is 0.122. The predicted molar refractivity (Wildman–Crippen MR) is 90.1 cm³/mol. The summed E-state index contributed by atoms with van der Waals surface area (Å²) in [4.78, 5) is 11.9. The van der Waals surface area contributed by atoms with Gasteiger partial charge in [-0.25, -0.2) is 0 Å². The van der Waals surface area contributed by atoms with Crippen molar-refractivity contribution in [1.29, 1.82) is 0 Å². The first-order chi connectivity index (χ1) is 12.3. The zero-order chi connectivity index (χ0) is 17.5. The van der Waals surface area contributed by atoms with E-state index < -0.39 is 0 Å². The highest BCUT2D eigenvalue weighted by molar-refractivity contribution is 5.77. The van der Waals surface area contributed by atoms with Crippen molar-refractivity contribution in [3.8, 4) is 23.3 Å². The van der Waals surface area contributed by atoms with Gasteiger partial charge in [0.15, 0.2) is 6.61 Å². The van der Waals surface area contributed by atoms with Crippen molar-refractivity contribution in [2.45, 2.75) is 6.54 Å². The van der Waals surface area contributed by atoms with E-state index in [9.17, 15) is 4.79 Å². The quantitative estimate of drug-likeness (QED) is 0.711. The fourth-order valence-electron chi connectivity index (χ4n) is 2.19. The number of nitrogens with one attached hydrogen (secondary N) is 1. The second-order valence-electron chi connectivity index (χ2n) is 5.12. The average Bonchev–Trinajstić information content (AvgIpc) is 3.14. The average molecular weight is 339 g/mol. The molecule has 2 aromatic carbocycles. The molecule has 1 N–H and O–H groups in total. The molecule has 7 nitrogen and oxygen atoms in total. The Balaban J connectivity index is 1.50. The summed E-state index contributed by atoms with van der Waals surface area (Å²) in [5.74, 6) is 0.753. The molecule has 3 aromatic rings. The number of para-hydroxylation sites is 1. The topological polar surface area (TPSA) is 86.5 Å². The number of methoxy groups -OCH3 is 1. The van der Waals surface area contributed by atoms with E-state index in [0.29, 0.717) is 18.2 Å². The van der Waals surface area contributed by atoms with Crippen LogP contribution in [0.4, 0.5) is 0 Å². The van der Waals surface area contributed by atoms with E-state index >= 15 is 0 Å². The van der Waals surface area contributed by atoms with Crippen molar-refractivity contribution in [3.63, 3.8) is 0 Å². The van der Waals surface area contributed by atoms with Gasteiger partial charge in [0.2, 0.25) is 0 Å². The van der Waals surface area contributed by atoms with E-state index in [1.54, 1.807) is 7.11 Å². The van der Waals surface area contributed by atoms with Crippen LogP contribution >= 0.6 is 0 Å². The molecule has 0 unspecified atom stereocenters. The Morgan fingerprint density at radius 3 is 2.64 bits per heavy atom. The Labute approximate surface area is 144 Å². The first kappa shape index (κ1) is 16.5. The fraction of sp³-hybridized carbons (Fsp3) is 0.167. The molecular formula is C18H17N3O4. The summed E-state index contributed by atoms with van der Waals surface area (Å²) in [5.41, 5.74) is 1.66. The third kappa shape index (κ3) is 4.35. The van der Waals surface area contributed by atoms with Crippen LogP contribution in [0.2, 0.25) is 0 Å². The highest BCUT2D eigenvalue weighted by atomic mass is 16.6. The minimum absolute atomic E-state index is 0.0497. The number of hydrogen-bond donors (Lipinski definition) is 1. The largest absolute Gasteiger partial charge is 0.496 e. The third-order valence-corrected chi connectivity index (χ3v) is 3.42. The summed E-state index contributed by atoms with van der Waals surface area (Å²) in [7, 11) is 1.59. The van der Waals surface area contributed by atoms with Crippen LogP contribution in [0.15, 0.2) is 59.0 Å². The molecule has 1 amide bonds. The van der Waals surface area contributed by atoms with Crippen molar-refractivity contribution in [2.24, 2.45) is 0 Å². The number of benzene rings is 2. The van der Waals surface area contributed by atoms with Crippen LogP contribution in [0.25, 0.3) is 11.5 Å². The highest BCUT2D eigenvalue weighted by Crippen LogP contribution is 2.20. The van der Waals surface area contributed by atoms with Crippen LogP contribution in [0.3, 0.4) is 0 Å². The van der Waals surface area contributed by atoms with E-state index in [1.165, 1.54) is 0 Å². The minimum atomic E-state index is -0.301. The summed E-state index contributed by atoms with van der Waals surface area (Å²) in [6.07, 6.45) is -0.0497. The Kier molecular flexibility index (Phi) is 5.26. The second kappa shape index (κ2) is 7.96. The summed E-state index contributed by atoms with van der Waals surface area (Å²) in [6, 6.07) is 16.8. The van der Waals surface area contributed by atoms with Crippen LogP contribution in [0.1, 0.15) is 5.56 Å². The molecule has 0 saturated heterocycles. The summed E-state index contributed by atoms with van der Waals surface area (Å²) >= 11 is 0. The van der Waals surface area contributed by atoms with Gasteiger partial charge in [-0.15, -0.1) is 5.10 Å². The molecule has 1 heterocycles. The minimum Gasteiger partial charge on any atom is -0.496 e. The Morgan fingerprint density at radius 2 is 1.84 bits per heavy atom. The predicted octanol–water partition coefficient (Wildman–Crippen LogP) is 2.44. The molecule has 128 valence electrons. The molecule has 7 heteroatoms. The lowest BCUT2D eigenvalue weighted by Gasteiger charge is -2.09. The number of amides is 1. The fourth-order valence-corrected chi connectivity index (χ4v) is 2.19. The number of aromatic nitrogens is 2. The van der Waals surface area contributed by atoms with Crippen LogP contribution in [0, 0.1) is 0 Å². The number of hydrogen-bond acceptors (Lipinski definition) is 6. The zero-order valence-electron chi connectivity index (χ0n) is 13.6. The van der Waals surface area contributed by atoms with Crippen molar-refractivity contribution < 1.29 is 18.7 Å². The van der Waals surface area contributed by atoms with Gasteiger partial charge >= 0.3 is 6.08 Å². The van der Waals surface area contributed by atoms with Crippen molar-refractivity contribution >= 4 is 5.91 Å². The molecule has 0 aliphatic carbocycles. The van der Waals surface area contributed by atoms with E-state index in [2.05, 4.69) is 15.5 Å². The molecule has 25 heavy (non-hydrogen) atoms. The van der Waals surface area contributed by atoms with Crippen LogP contribution in [0.5, 0.6) is 11.8 Å². The molecule has 0 aliphatic rings. The molecule has 0 bridgehead atoms. The van der Waals surface area contributed by atoms with Crippen molar-refractivity contribution in [2.75, 3.05) is 13.7 Å². The van der Waals surface area contributed by atoms with Gasteiger partial charge in [-0.3, -0.25) is 4.79 Å². The number of nitrogens with zero attached hydrogens (tertiary/aromatic N) is 2. The number of ether oxygens (including phenoxy) is 2. The van der Waals surface area contributed by atoms with Gasteiger partial charge in [-0.05, 0) is 18.2 Å². The molecule has 0 atom stereocenters. The molecule has 1 aromatic heterocycles. The molecular weight excluding hydrogens is 322 g/mol. The zero-order valence-corrected chi connectivity index (χ0v) is 13.6. The normalized spacial score (nSPS) is 10.3. The van der Waals surface area contributed by atoms with Crippen LogP contribution in [-0.4, -0.2) is 29.8 Å². The van der Waals surface area contributed by atoms with Gasteiger partial charge in [-0.1, -0.05) is 41.5 Å². The van der Waals surface area contributed by atoms with E-state index in [4.69, 9.17) is 13.9 Å². The first-order valence-electron chi connectivity index (χ1n) is 7.66. The Bertz CT molecular complexity index is 833. The smallest absolute Gasteiger partial charge is 0.415 e. The van der Waals surface area contributed by atoms with E-state index in [0.717, 1.165) is 11.1 Å².